The Balaban J connectivity index is 1.80. The molecule has 142 valence electrons. The maximum Gasteiger partial charge on any atom is 0.338 e. The summed E-state index contributed by atoms with van der Waals surface area (Å²) in [6.45, 7) is 3.03. The largest absolute Gasteiger partial charge is 0.452 e. The van der Waals surface area contributed by atoms with Crippen LogP contribution in [0.4, 0.5) is 5.69 Å². The number of rotatable bonds is 8. The van der Waals surface area contributed by atoms with Crippen LogP contribution in [-0.4, -0.2) is 29.4 Å². The molecule has 0 bridgehead atoms. The average Bonchev–Trinajstić information content (AvgIpc) is 2.65. The van der Waals surface area contributed by atoms with Crippen LogP contribution in [-0.2, 0) is 16.0 Å². The molecule has 0 radical (unpaired) electrons. The number of carbonyl (C=O) groups is 2. The van der Waals surface area contributed by atoms with Gasteiger partial charge in [-0.3, -0.25) is 14.9 Å². The molecular formula is C20H22N2O5. The summed E-state index contributed by atoms with van der Waals surface area (Å²) >= 11 is 0. The number of hydrogen-bond donors (Lipinski definition) is 1. The van der Waals surface area contributed by atoms with Crippen molar-refractivity contribution in [3.63, 3.8) is 0 Å². The van der Waals surface area contributed by atoms with Gasteiger partial charge in [-0.2, -0.15) is 0 Å². The Morgan fingerprint density at radius 1 is 1.19 bits per heavy atom. The molecule has 1 N–H and O–H groups in total. The quantitative estimate of drug-likeness (QED) is 0.437. The fraction of sp³-hybridized carbons (Fsp3) is 0.300. The lowest BCUT2D eigenvalue weighted by atomic mass is 10.1. The number of nitro benzene ring substituents is 1. The van der Waals surface area contributed by atoms with Crippen molar-refractivity contribution < 1.29 is 19.2 Å². The maximum atomic E-state index is 12.0. The van der Waals surface area contributed by atoms with E-state index in [1.807, 2.05) is 37.3 Å². The molecule has 0 aliphatic heterocycles. The van der Waals surface area contributed by atoms with E-state index in [1.165, 1.54) is 17.7 Å². The first kappa shape index (κ1) is 20.1. The van der Waals surface area contributed by atoms with Crippen molar-refractivity contribution in [2.45, 2.75) is 32.7 Å². The van der Waals surface area contributed by atoms with Gasteiger partial charge in [0.1, 0.15) is 0 Å². The number of ether oxygens (including phenoxy) is 1. The van der Waals surface area contributed by atoms with Crippen molar-refractivity contribution >= 4 is 17.6 Å². The monoisotopic (exact) mass is 370 g/mol. The molecule has 1 amide bonds. The third kappa shape index (κ3) is 6.22. The molecule has 0 fully saturated rings. The predicted molar refractivity (Wildman–Crippen MR) is 100 cm³/mol. The van der Waals surface area contributed by atoms with Crippen LogP contribution in [0.2, 0.25) is 0 Å². The predicted octanol–water partition coefficient (Wildman–Crippen LogP) is 3.20. The second kappa shape index (κ2) is 9.47. The summed E-state index contributed by atoms with van der Waals surface area (Å²) in [6.07, 6.45) is 1.59. The number of esters is 1. The fourth-order valence-corrected chi connectivity index (χ4v) is 2.56. The number of hydrogen-bond acceptors (Lipinski definition) is 5. The molecule has 0 saturated carbocycles. The van der Waals surface area contributed by atoms with Crippen LogP contribution >= 0.6 is 0 Å². The summed E-state index contributed by atoms with van der Waals surface area (Å²) in [5.41, 5.74) is 1.51. The molecule has 27 heavy (non-hydrogen) atoms. The van der Waals surface area contributed by atoms with Crippen LogP contribution < -0.4 is 5.32 Å². The lowest BCUT2D eigenvalue weighted by Gasteiger charge is -2.14. The summed E-state index contributed by atoms with van der Waals surface area (Å²) in [6, 6.07) is 13.9. The lowest BCUT2D eigenvalue weighted by Crippen LogP contribution is -2.36. The molecule has 0 spiro atoms. The van der Waals surface area contributed by atoms with Crippen LogP contribution in [0, 0.1) is 17.0 Å². The minimum absolute atomic E-state index is 0.0391. The molecule has 0 heterocycles. The SMILES string of the molecule is Cc1ccc(C(=O)OCC(=O)N[C@@H](C)CCc2ccccc2)cc1[N+](=O)[O-]. The molecular weight excluding hydrogens is 348 g/mol. The third-order valence-electron chi connectivity index (χ3n) is 4.09. The first-order valence-electron chi connectivity index (χ1n) is 8.62. The standard InChI is InChI=1S/C20H22N2O5/c1-14-8-11-17(12-18(14)22(25)26)20(24)27-13-19(23)21-15(2)9-10-16-6-4-3-5-7-16/h3-8,11-12,15H,9-10,13H2,1-2H3,(H,21,23)/t15-/m0/s1. The zero-order chi connectivity index (χ0) is 19.8. The Hall–Kier alpha value is -3.22. The van der Waals surface area contributed by atoms with Crippen molar-refractivity contribution in [3.8, 4) is 0 Å². The van der Waals surface area contributed by atoms with E-state index in [9.17, 15) is 19.7 Å². The third-order valence-corrected chi connectivity index (χ3v) is 4.09. The maximum absolute atomic E-state index is 12.0. The van der Waals surface area contributed by atoms with Gasteiger partial charge in [-0.25, -0.2) is 4.79 Å². The average molecular weight is 370 g/mol. The van der Waals surface area contributed by atoms with Gasteiger partial charge in [0.15, 0.2) is 6.61 Å². The highest BCUT2D eigenvalue weighted by molar-refractivity contribution is 5.92. The van der Waals surface area contributed by atoms with Gasteiger partial charge in [0.05, 0.1) is 10.5 Å². The van der Waals surface area contributed by atoms with Crippen molar-refractivity contribution in [3.05, 3.63) is 75.3 Å². The number of carbonyl (C=O) groups excluding carboxylic acids is 2. The lowest BCUT2D eigenvalue weighted by molar-refractivity contribution is -0.385. The van der Waals surface area contributed by atoms with E-state index >= 15 is 0 Å². The van der Waals surface area contributed by atoms with Crippen molar-refractivity contribution in [2.24, 2.45) is 0 Å². The van der Waals surface area contributed by atoms with Gasteiger partial charge in [-0.15, -0.1) is 0 Å². The highest BCUT2D eigenvalue weighted by Crippen LogP contribution is 2.19. The van der Waals surface area contributed by atoms with E-state index in [2.05, 4.69) is 5.32 Å². The fourth-order valence-electron chi connectivity index (χ4n) is 2.56. The second-order valence-corrected chi connectivity index (χ2v) is 6.33. The van der Waals surface area contributed by atoms with Crippen LogP contribution in [0.25, 0.3) is 0 Å². The molecule has 1 atom stereocenters. The van der Waals surface area contributed by atoms with Crippen LogP contribution in [0.3, 0.4) is 0 Å². The zero-order valence-corrected chi connectivity index (χ0v) is 15.3. The number of benzene rings is 2. The van der Waals surface area contributed by atoms with E-state index in [0.717, 1.165) is 18.9 Å². The minimum Gasteiger partial charge on any atom is -0.452 e. The molecule has 7 nitrogen and oxygen atoms in total. The molecule has 2 rings (SSSR count). The highest BCUT2D eigenvalue weighted by Gasteiger charge is 2.17. The van der Waals surface area contributed by atoms with Crippen molar-refractivity contribution in [2.75, 3.05) is 6.61 Å². The number of nitrogens with one attached hydrogen (secondary N) is 1. The van der Waals surface area contributed by atoms with Crippen LogP contribution in [0.15, 0.2) is 48.5 Å². The zero-order valence-electron chi connectivity index (χ0n) is 15.3. The van der Waals surface area contributed by atoms with Gasteiger partial charge in [0, 0.05) is 17.7 Å². The highest BCUT2D eigenvalue weighted by atomic mass is 16.6. The molecule has 0 aliphatic rings. The second-order valence-electron chi connectivity index (χ2n) is 6.33. The van der Waals surface area contributed by atoms with Gasteiger partial charge in [-0.05, 0) is 38.3 Å². The Morgan fingerprint density at radius 3 is 2.56 bits per heavy atom. The number of amides is 1. The van der Waals surface area contributed by atoms with Crippen molar-refractivity contribution in [1.82, 2.24) is 5.32 Å². The van der Waals surface area contributed by atoms with E-state index < -0.39 is 23.4 Å². The smallest absolute Gasteiger partial charge is 0.338 e. The van der Waals surface area contributed by atoms with Gasteiger partial charge in [-0.1, -0.05) is 36.4 Å². The first-order valence-corrected chi connectivity index (χ1v) is 8.62. The molecule has 2 aromatic carbocycles. The van der Waals surface area contributed by atoms with E-state index in [-0.39, 0.29) is 17.3 Å². The number of nitrogens with zero attached hydrogens (tertiary/aromatic N) is 1. The van der Waals surface area contributed by atoms with E-state index in [1.54, 1.807) is 6.92 Å². The molecule has 0 saturated heterocycles. The number of nitro groups is 1. The molecule has 2 aromatic rings. The Bertz CT molecular complexity index is 820. The summed E-state index contributed by atoms with van der Waals surface area (Å²) in [7, 11) is 0. The van der Waals surface area contributed by atoms with Crippen LogP contribution in [0.5, 0.6) is 0 Å². The normalized spacial score (nSPS) is 11.5. The topological polar surface area (TPSA) is 98.5 Å². The Morgan fingerprint density at radius 2 is 1.89 bits per heavy atom. The van der Waals surface area contributed by atoms with Gasteiger partial charge >= 0.3 is 5.97 Å². The summed E-state index contributed by atoms with van der Waals surface area (Å²) < 4.78 is 4.95. The van der Waals surface area contributed by atoms with Gasteiger partial charge in [0.25, 0.3) is 11.6 Å². The van der Waals surface area contributed by atoms with Gasteiger partial charge < -0.3 is 10.1 Å². The minimum atomic E-state index is -0.773. The van der Waals surface area contributed by atoms with Crippen molar-refractivity contribution in [1.29, 1.82) is 0 Å². The number of aryl methyl sites for hydroxylation is 2. The molecule has 0 aromatic heterocycles. The van der Waals surface area contributed by atoms with E-state index in [0.29, 0.717) is 5.56 Å². The Labute approximate surface area is 157 Å². The van der Waals surface area contributed by atoms with Gasteiger partial charge in [0.2, 0.25) is 0 Å². The first-order chi connectivity index (χ1) is 12.9. The molecule has 0 aliphatic carbocycles. The molecule has 7 heteroatoms. The summed E-state index contributed by atoms with van der Waals surface area (Å²) in [4.78, 5) is 34.3. The van der Waals surface area contributed by atoms with E-state index in [4.69, 9.17) is 4.74 Å². The molecule has 0 unspecified atom stereocenters. The summed E-state index contributed by atoms with van der Waals surface area (Å²) in [5.74, 6) is -1.18. The Kier molecular flexibility index (Phi) is 7.05. The van der Waals surface area contributed by atoms with Crippen LogP contribution in [0.1, 0.15) is 34.8 Å². The summed E-state index contributed by atoms with van der Waals surface area (Å²) in [5, 5.41) is 13.7.